The van der Waals surface area contributed by atoms with E-state index in [9.17, 15) is 0 Å². The molecule has 0 unspecified atom stereocenters. The van der Waals surface area contributed by atoms with Crippen LogP contribution in [0.3, 0.4) is 0 Å². The van der Waals surface area contributed by atoms with Crippen LogP contribution >= 0.6 is 0 Å². The number of imidazole rings is 1. The van der Waals surface area contributed by atoms with Crippen molar-refractivity contribution >= 4 is 27.8 Å². The normalized spacial score (nSPS) is 13.1. The van der Waals surface area contributed by atoms with Crippen LogP contribution in [-0.2, 0) is 17.7 Å². The van der Waals surface area contributed by atoms with Gasteiger partial charge in [0.25, 0.3) is 0 Å². The van der Waals surface area contributed by atoms with Crippen LogP contribution < -0.4 is 11.5 Å². The second-order valence-electron chi connectivity index (χ2n) is 9.85. The Morgan fingerprint density at radius 3 is 2.53 bits per heavy atom. The summed E-state index contributed by atoms with van der Waals surface area (Å²) in [4.78, 5) is 9.80. The second-order valence-corrected chi connectivity index (χ2v) is 9.85. The fourth-order valence-corrected chi connectivity index (χ4v) is 4.78. The highest BCUT2D eigenvalue weighted by Crippen LogP contribution is 2.34. The van der Waals surface area contributed by atoms with Gasteiger partial charge in [-0.2, -0.15) is 0 Å². The van der Waals surface area contributed by atoms with Crippen molar-refractivity contribution in [2.45, 2.75) is 65.0 Å². The minimum absolute atomic E-state index is 0.300. The Kier molecular flexibility index (Phi) is 7.19. The second kappa shape index (κ2) is 10.1. The number of benzene rings is 2. The van der Waals surface area contributed by atoms with E-state index in [1.165, 1.54) is 11.1 Å². The molecule has 2 heterocycles. The zero-order chi connectivity index (χ0) is 24.3. The zero-order valence-electron chi connectivity index (χ0n) is 20.8. The van der Waals surface area contributed by atoms with E-state index < -0.39 is 5.60 Å². The first-order chi connectivity index (χ1) is 16.3. The van der Waals surface area contributed by atoms with Crippen molar-refractivity contribution in [3.63, 3.8) is 0 Å². The van der Waals surface area contributed by atoms with Gasteiger partial charge in [-0.25, -0.2) is 9.97 Å². The Morgan fingerprint density at radius 2 is 1.82 bits per heavy atom. The Bertz CT molecular complexity index is 1260. The van der Waals surface area contributed by atoms with Crippen LogP contribution in [0, 0.1) is 0 Å². The molecule has 0 saturated carbocycles. The predicted molar refractivity (Wildman–Crippen MR) is 141 cm³/mol. The highest BCUT2D eigenvalue weighted by Gasteiger charge is 2.26. The van der Waals surface area contributed by atoms with Crippen molar-refractivity contribution in [1.29, 1.82) is 0 Å². The molecule has 0 radical (unpaired) electrons. The minimum Gasteiger partial charge on any atom is -0.382 e. The van der Waals surface area contributed by atoms with Gasteiger partial charge in [0, 0.05) is 17.8 Å². The van der Waals surface area contributed by atoms with E-state index in [2.05, 4.69) is 74.7 Å². The van der Waals surface area contributed by atoms with Crippen molar-refractivity contribution in [1.82, 2.24) is 14.5 Å². The topological polar surface area (TPSA) is 92.0 Å². The van der Waals surface area contributed by atoms with Crippen LogP contribution in [0.4, 0.5) is 5.82 Å². The lowest BCUT2D eigenvalue weighted by Crippen LogP contribution is -2.33. The number of anilines is 1. The minimum atomic E-state index is -0.398. The molecule has 2 aromatic carbocycles. The van der Waals surface area contributed by atoms with Gasteiger partial charge in [-0.15, -0.1) is 0 Å². The van der Waals surface area contributed by atoms with Gasteiger partial charge in [-0.3, -0.25) is 0 Å². The SMILES string of the molecule is CCC[C@H](C)c1nc2c(N)nc3cc(Cc4ccccc4)ccc3c2n1CC(C)(C)OCCN. The largest absolute Gasteiger partial charge is 0.382 e. The molecule has 0 aliphatic carbocycles. The maximum absolute atomic E-state index is 6.49. The monoisotopic (exact) mass is 459 g/mol. The van der Waals surface area contributed by atoms with E-state index in [1.54, 1.807) is 0 Å². The molecule has 4 rings (SSSR count). The standard InChI is InChI=1S/C28H37N5O/c1-5-9-19(2)27-32-24-25(33(27)18-28(3,4)34-15-14-29)22-13-12-21(17-23(22)31-26(24)30)16-20-10-7-6-8-11-20/h6-8,10-13,17,19H,5,9,14-16,18,29H2,1-4H3,(H2,30,31)/t19-/m0/s1. The number of nitrogens with zero attached hydrogens (tertiary/aromatic N) is 3. The van der Waals surface area contributed by atoms with Gasteiger partial charge < -0.3 is 20.8 Å². The number of pyridine rings is 1. The lowest BCUT2D eigenvalue weighted by Gasteiger charge is -2.28. The molecule has 0 spiro atoms. The van der Waals surface area contributed by atoms with Gasteiger partial charge in [0.15, 0.2) is 5.82 Å². The quantitative estimate of drug-likeness (QED) is 0.331. The summed E-state index contributed by atoms with van der Waals surface area (Å²) in [6.45, 7) is 10.3. The predicted octanol–water partition coefficient (Wildman–Crippen LogP) is 5.42. The summed E-state index contributed by atoms with van der Waals surface area (Å²) in [5.74, 6) is 1.81. The van der Waals surface area contributed by atoms with E-state index in [1.807, 2.05) is 6.07 Å². The number of nitrogen functional groups attached to an aromatic ring is 1. The van der Waals surface area contributed by atoms with Crippen molar-refractivity contribution in [2.24, 2.45) is 5.73 Å². The number of ether oxygens (including phenoxy) is 1. The third kappa shape index (κ3) is 5.08. The zero-order valence-corrected chi connectivity index (χ0v) is 20.8. The molecule has 0 aliphatic heterocycles. The number of hydrogen-bond acceptors (Lipinski definition) is 5. The summed E-state index contributed by atoms with van der Waals surface area (Å²) in [7, 11) is 0. The summed E-state index contributed by atoms with van der Waals surface area (Å²) >= 11 is 0. The number of fused-ring (bicyclic) bond motifs is 3. The van der Waals surface area contributed by atoms with Gasteiger partial charge in [0.2, 0.25) is 0 Å². The maximum atomic E-state index is 6.49. The van der Waals surface area contributed by atoms with E-state index in [-0.39, 0.29) is 0 Å². The Morgan fingerprint density at radius 1 is 1.06 bits per heavy atom. The van der Waals surface area contributed by atoms with Crippen molar-refractivity contribution in [3.05, 3.63) is 65.5 Å². The number of hydrogen-bond donors (Lipinski definition) is 2. The van der Waals surface area contributed by atoms with Gasteiger partial charge in [0.05, 0.1) is 29.8 Å². The van der Waals surface area contributed by atoms with Gasteiger partial charge in [-0.05, 0) is 43.9 Å². The van der Waals surface area contributed by atoms with Gasteiger partial charge >= 0.3 is 0 Å². The fourth-order valence-electron chi connectivity index (χ4n) is 4.78. The van der Waals surface area contributed by atoms with Crippen LogP contribution in [0.1, 0.15) is 63.4 Å². The van der Waals surface area contributed by atoms with Crippen LogP contribution in [-0.4, -0.2) is 33.3 Å². The first-order valence-corrected chi connectivity index (χ1v) is 12.3. The first kappa shape index (κ1) is 24.2. The van der Waals surface area contributed by atoms with Gasteiger partial charge in [-0.1, -0.05) is 62.7 Å². The molecule has 6 heteroatoms. The summed E-state index contributed by atoms with van der Waals surface area (Å²) in [6.07, 6.45) is 3.00. The lowest BCUT2D eigenvalue weighted by molar-refractivity contribution is -0.0251. The number of rotatable bonds is 10. The molecule has 2 aromatic heterocycles. The van der Waals surface area contributed by atoms with Gasteiger partial charge in [0.1, 0.15) is 11.3 Å². The number of nitrogens with two attached hydrogens (primary N) is 2. The van der Waals surface area contributed by atoms with Crippen LogP contribution in [0.5, 0.6) is 0 Å². The first-order valence-electron chi connectivity index (χ1n) is 12.3. The molecule has 0 bridgehead atoms. The fraction of sp³-hybridized carbons (Fsp3) is 0.429. The Labute approximate surface area is 202 Å². The van der Waals surface area contributed by atoms with E-state index in [0.717, 1.165) is 47.0 Å². The molecule has 0 saturated heterocycles. The third-order valence-electron chi connectivity index (χ3n) is 6.36. The maximum Gasteiger partial charge on any atom is 0.152 e. The lowest BCUT2D eigenvalue weighted by atomic mass is 10.0. The summed E-state index contributed by atoms with van der Waals surface area (Å²) in [5.41, 5.74) is 17.0. The van der Waals surface area contributed by atoms with Crippen molar-refractivity contribution in [3.8, 4) is 0 Å². The van der Waals surface area contributed by atoms with Crippen LogP contribution in [0.15, 0.2) is 48.5 Å². The molecular formula is C28H37N5O. The van der Waals surface area contributed by atoms with Crippen molar-refractivity contribution in [2.75, 3.05) is 18.9 Å². The molecular weight excluding hydrogens is 422 g/mol. The molecule has 0 aliphatic rings. The summed E-state index contributed by atoms with van der Waals surface area (Å²) in [6, 6.07) is 17.0. The molecule has 0 fully saturated rings. The molecule has 4 aromatic rings. The number of aromatic nitrogens is 3. The smallest absolute Gasteiger partial charge is 0.152 e. The van der Waals surface area contributed by atoms with Crippen molar-refractivity contribution < 1.29 is 4.74 Å². The third-order valence-corrected chi connectivity index (χ3v) is 6.36. The van der Waals surface area contributed by atoms with Crippen LogP contribution in [0.25, 0.3) is 21.9 Å². The highest BCUT2D eigenvalue weighted by molar-refractivity contribution is 6.06. The average molecular weight is 460 g/mol. The molecule has 6 nitrogen and oxygen atoms in total. The Hall–Kier alpha value is -2.96. The molecule has 34 heavy (non-hydrogen) atoms. The van der Waals surface area contributed by atoms with E-state index in [4.69, 9.17) is 26.2 Å². The van der Waals surface area contributed by atoms with E-state index >= 15 is 0 Å². The van der Waals surface area contributed by atoms with E-state index in [0.29, 0.717) is 31.4 Å². The molecule has 180 valence electrons. The molecule has 1 atom stereocenters. The average Bonchev–Trinajstić information content (AvgIpc) is 3.18. The summed E-state index contributed by atoms with van der Waals surface area (Å²) in [5, 5.41) is 1.07. The Balaban J connectivity index is 1.86. The molecule has 4 N–H and O–H groups in total. The molecule has 0 amide bonds. The van der Waals surface area contributed by atoms with Crippen LogP contribution in [0.2, 0.25) is 0 Å². The highest BCUT2D eigenvalue weighted by atomic mass is 16.5. The summed E-state index contributed by atoms with van der Waals surface area (Å²) < 4.78 is 8.41.